The minimum atomic E-state index is -4.72. The number of aliphatic carboxylic acids is 2. The van der Waals surface area contributed by atoms with Crippen molar-refractivity contribution in [3.8, 4) is 0 Å². The van der Waals surface area contributed by atoms with E-state index in [-0.39, 0.29) is 119 Å². The van der Waals surface area contributed by atoms with E-state index in [9.17, 15) is 32.8 Å². The molecule has 0 saturated carbocycles. The van der Waals surface area contributed by atoms with Crippen molar-refractivity contribution in [1.82, 2.24) is 0 Å². The topological polar surface area (TPSA) is 171 Å². The number of carboxylic acid groups (broad SMARTS) is 2. The first-order valence-electron chi connectivity index (χ1n) is 17.0. The van der Waals surface area contributed by atoms with Crippen LogP contribution in [0.5, 0.6) is 0 Å². The van der Waals surface area contributed by atoms with Crippen molar-refractivity contribution in [2.24, 2.45) is 0 Å². The fraction of sp³-hybridized carbons (Fsp3) is 0.275. The summed E-state index contributed by atoms with van der Waals surface area (Å²) in [5.74, 6) is -2.39. The molecule has 2 heterocycles. The van der Waals surface area contributed by atoms with Gasteiger partial charge in [-0.1, -0.05) is 73.5 Å². The van der Waals surface area contributed by atoms with Crippen LogP contribution in [-0.4, -0.2) is 55.4 Å². The fourth-order valence-electron chi connectivity index (χ4n) is 6.85. The molecule has 57 heavy (non-hydrogen) atoms. The molecule has 0 saturated heterocycles. The van der Waals surface area contributed by atoms with Crippen LogP contribution < -0.4 is 104 Å². The summed E-state index contributed by atoms with van der Waals surface area (Å²) in [6.07, 6.45) is 11.0. The number of carbonyl (C=O) groups is 2. The molecule has 0 fully saturated rings. The van der Waals surface area contributed by atoms with Crippen LogP contribution in [-0.2, 0) is 44.8 Å². The van der Waals surface area contributed by atoms with Crippen molar-refractivity contribution in [3.05, 3.63) is 126 Å². The maximum atomic E-state index is 11.9. The fourth-order valence-corrected chi connectivity index (χ4v) is 7.80. The monoisotopic (exact) mass is 841 g/mol. The first kappa shape index (κ1) is 51.3. The van der Waals surface area contributed by atoms with Gasteiger partial charge < -0.3 is 29.3 Å². The first-order valence-corrected chi connectivity index (χ1v) is 19.1. The molecule has 0 spiro atoms. The predicted octanol–water partition coefficient (Wildman–Crippen LogP) is -4.35. The zero-order chi connectivity index (χ0) is 39.3. The second-order valence-corrected chi connectivity index (χ2v) is 15.8. The van der Waals surface area contributed by atoms with Crippen LogP contribution in [0.25, 0.3) is 5.57 Å². The molecule has 5 rings (SSSR count). The average molecular weight is 842 g/mol. The Balaban J connectivity index is 0.00000374. The smallest absolute Gasteiger partial charge is 0.744 e. The van der Waals surface area contributed by atoms with E-state index < -0.39 is 32.9 Å². The molecule has 2 aliphatic heterocycles. The van der Waals surface area contributed by atoms with Crippen molar-refractivity contribution in [3.63, 3.8) is 0 Å². The van der Waals surface area contributed by atoms with Gasteiger partial charge >= 0.3 is 88.7 Å². The van der Waals surface area contributed by atoms with Crippen LogP contribution in [0.4, 0.5) is 11.4 Å². The van der Waals surface area contributed by atoms with Gasteiger partial charge in [0.05, 0.1) is 29.5 Å². The maximum absolute atomic E-state index is 11.9. The summed E-state index contributed by atoms with van der Waals surface area (Å²) in [6.45, 7) is 8.16. The van der Waals surface area contributed by atoms with Gasteiger partial charge in [-0.2, -0.15) is 4.58 Å². The number of rotatable bonds is 16. The van der Waals surface area contributed by atoms with Gasteiger partial charge in [-0.05, 0) is 67.0 Å². The molecule has 3 aromatic carbocycles. The number of benzene rings is 3. The number of allylic oxidation sites excluding steroid dienone is 8. The number of hydrogen-bond acceptors (Lipinski definition) is 12. The summed E-state index contributed by atoms with van der Waals surface area (Å²) in [7, 11) is -3.39. The van der Waals surface area contributed by atoms with Gasteiger partial charge in [0, 0.05) is 70.7 Å². The Morgan fingerprint density at radius 3 is 2.19 bits per heavy atom. The molecule has 0 aliphatic carbocycles. The molecule has 17 heteroatoms. The summed E-state index contributed by atoms with van der Waals surface area (Å²) >= 11 is 0.983. The number of fused-ring (bicyclic) bond motifs is 2. The Bertz CT molecular complexity index is 2200. The van der Waals surface area contributed by atoms with E-state index in [0.717, 1.165) is 45.0 Å². The average Bonchev–Trinajstić information content (AvgIpc) is 3.46. The predicted molar refractivity (Wildman–Crippen MR) is 199 cm³/mol. The molecule has 0 bridgehead atoms. The van der Waals surface area contributed by atoms with Gasteiger partial charge in [-0.25, -0.2) is 13.3 Å². The van der Waals surface area contributed by atoms with Crippen molar-refractivity contribution in [2.45, 2.75) is 61.2 Å². The largest absolute Gasteiger partial charge is 1.00 e. The molecule has 0 amide bonds. The van der Waals surface area contributed by atoms with Crippen molar-refractivity contribution in [2.75, 3.05) is 25.1 Å². The summed E-state index contributed by atoms with van der Waals surface area (Å²) in [5.41, 5.74) is 5.05. The SMILES string of the molecule is COOOSc1ccc2c(c1)C(C)(C)C(/C=C/C=C(/C=C/C=C1/N(CCC(=O)[O-])c3ccc(S(=O)(=O)[O-])cc3C1(C)C)c1ccccc1)=[N+]2CCC(=O)[O-].[Na+].[Na+].[Na+]. The van der Waals surface area contributed by atoms with Crippen molar-refractivity contribution < 1.29 is 140 Å². The molecule has 284 valence electrons. The molecular weight excluding hydrogens is 802 g/mol. The van der Waals surface area contributed by atoms with Crippen LogP contribution in [0, 0.1) is 0 Å². The number of carboxylic acids is 2. The minimum absolute atomic E-state index is 0. The maximum Gasteiger partial charge on any atom is 1.00 e. The summed E-state index contributed by atoms with van der Waals surface area (Å²) in [6, 6.07) is 19.5. The van der Waals surface area contributed by atoms with E-state index in [1.807, 2.05) is 103 Å². The summed E-state index contributed by atoms with van der Waals surface area (Å²) < 4.78 is 42.6. The van der Waals surface area contributed by atoms with Gasteiger partial charge in [-0.15, -0.1) is 4.33 Å². The second kappa shape index (κ2) is 22.1. The van der Waals surface area contributed by atoms with Gasteiger partial charge in [0.1, 0.15) is 10.1 Å². The molecular formula is C40H40N2Na3O10S2+. The number of anilines is 1. The third kappa shape index (κ3) is 12.4. The molecule has 0 N–H and O–H groups in total. The Morgan fingerprint density at radius 2 is 1.56 bits per heavy atom. The molecule has 2 aliphatic rings. The van der Waals surface area contributed by atoms with E-state index in [2.05, 4.69) is 23.8 Å². The minimum Gasteiger partial charge on any atom is -0.744 e. The quantitative estimate of drug-likeness (QED) is 0.0199. The third-order valence-electron chi connectivity index (χ3n) is 9.49. The Labute approximate surface area is 404 Å². The van der Waals surface area contributed by atoms with E-state index in [4.69, 9.17) is 4.33 Å². The third-order valence-corrected chi connectivity index (χ3v) is 10.9. The molecule has 0 atom stereocenters. The summed E-state index contributed by atoms with van der Waals surface area (Å²) in [4.78, 5) is 29.7. The van der Waals surface area contributed by atoms with Gasteiger partial charge in [0.2, 0.25) is 5.69 Å². The zero-order valence-electron chi connectivity index (χ0n) is 33.4. The van der Waals surface area contributed by atoms with Crippen LogP contribution in [0.15, 0.2) is 119 Å². The van der Waals surface area contributed by atoms with Gasteiger partial charge in [0.25, 0.3) is 0 Å². The van der Waals surface area contributed by atoms with E-state index in [1.165, 1.54) is 25.3 Å². The number of carbonyl (C=O) groups excluding carboxylic acids is 2. The van der Waals surface area contributed by atoms with Crippen LogP contribution >= 0.6 is 12.0 Å². The van der Waals surface area contributed by atoms with E-state index >= 15 is 0 Å². The van der Waals surface area contributed by atoms with Crippen molar-refractivity contribution >= 4 is 56.8 Å². The molecule has 0 unspecified atom stereocenters. The van der Waals surface area contributed by atoms with Crippen LogP contribution in [0.3, 0.4) is 0 Å². The van der Waals surface area contributed by atoms with Crippen molar-refractivity contribution in [1.29, 1.82) is 0 Å². The Morgan fingerprint density at radius 1 is 0.877 bits per heavy atom. The van der Waals surface area contributed by atoms with Crippen LogP contribution in [0.2, 0.25) is 0 Å². The molecule has 0 aromatic heterocycles. The summed E-state index contributed by atoms with van der Waals surface area (Å²) in [5, 5.41) is 27.6. The van der Waals surface area contributed by atoms with Gasteiger partial charge in [0.15, 0.2) is 12.3 Å². The second-order valence-electron chi connectivity index (χ2n) is 13.6. The van der Waals surface area contributed by atoms with Gasteiger partial charge in [-0.3, -0.25) is 0 Å². The standard InChI is InChI=1S/C40H42N2O10S2.3Na/c1-39(2)31-25-29(53-52-51-50-5)17-19-33(31)41(23-21-37(43)44)35(39)15-9-13-28(27-11-7-6-8-12-27)14-10-16-36-40(3,4)32-26-30(54(47,48)49)18-20-34(32)42(36)24-22-38(45)46;;;/h6-20,25-26H,21-24H2,1-5H3,(H2-,43,44,45,46,47,48,49);;;/q;3*+1/p-2. The molecule has 3 aromatic rings. The number of hydrogen-bond donors (Lipinski definition) is 0. The molecule has 0 radical (unpaired) electrons. The zero-order valence-corrected chi connectivity index (χ0v) is 41.1. The Hall–Kier alpha value is -1.83. The first-order chi connectivity index (χ1) is 25.5. The van der Waals surface area contributed by atoms with E-state index in [0.29, 0.717) is 16.9 Å². The normalized spacial score (nSPS) is 16.3. The molecule has 12 nitrogen and oxygen atoms in total. The van der Waals surface area contributed by atoms with E-state index in [1.54, 1.807) is 4.90 Å². The number of nitrogens with zero attached hydrogens (tertiary/aromatic N) is 2. The Kier molecular flexibility index (Phi) is 19.9. The van der Waals surface area contributed by atoms with Crippen LogP contribution in [0.1, 0.15) is 57.2 Å².